The Balaban J connectivity index is 1.78. The van der Waals surface area contributed by atoms with E-state index in [-0.39, 0.29) is 11.9 Å². The van der Waals surface area contributed by atoms with Crippen LogP contribution in [0.15, 0.2) is 0 Å². The highest BCUT2D eigenvalue weighted by molar-refractivity contribution is 5.76. The van der Waals surface area contributed by atoms with E-state index in [4.69, 9.17) is 5.73 Å². The zero-order valence-electron chi connectivity index (χ0n) is 12.5. The summed E-state index contributed by atoms with van der Waals surface area (Å²) in [6.07, 6.45) is 7.81. The van der Waals surface area contributed by atoms with Gasteiger partial charge in [0.15, 0.2) is 0 Å². The number of carbonyl (C=O) groups excluding carboxylic acids is 1. The van der Waals surface area contributed by atoms with Gasteiger partial charge in [0.2, 0.25) is 5.91 Å². The molecule has 2 aliphatic rings. The van der Waals surface area contributed by atoms with E-state index in [1.165, 1.54) is 32.2 Å². The van der Waals surface area contributed by atoms with E-state index in [2.05, 4.69) is 11.9 Å². The van der Waals surface area contributed by atoms with Crippen LogP contribution in [0.3, 0.4) is 0 Å². The second-order valence-electron chi connectivity index (χ2n) is 6.46. The average molecular weight is 267 g/mol. The van der Waals surface area contributed by atoms with E-state index in [9.17, 15) is 4.79 Å². The number of hydrogen-bond donors (Lipinski definition) is 1. The number of carbonyl (C=O) groups is 1. The second-order valence-corrected chi connectivity index (χ2v) is 6.46. The van der Waals surface area contributed by atoms with Crippen molar-refractivity contribution in [3.63, 3.8) is 0 Å². The fourth-order valence-electron chi connectivity index (χ4n) is 3.50. The number of likely N-dealkylation sites (tertiary alicyclic amines) is 1. The molecule has 0 radical (unpaired) electrons. The predicted molar refractivity (Wildman–Crippen MR) is 77.8 cm³/mol. The molecule has 110 valence electrons. The molecule has 0 aromatic rings. The minimum absolute atomic E-state index is 0.236. The number of hydrogen-bond acceptors (Lipinski definition) is 3. The van der Waals surface area contributed by atoms with Crippen molar-refractivity contribution in [1.29, 1.82) is 0 Å². The normalized spacial score (nSPS) is 32.5. The van der Waals surface area contributed by atoms with E-state index >= 15 is 0 Å². The molecule has 19 heavy (non-hydrogen) atoms. The van der Waals surface area contributed by atoms with Crippen LogP contribution in [0.25, 0.3) is 0 Å². The van der Waals surface area contributed by atoms with Gasteiger partial charge in [-0.2, -0.15) is 0 Å². The third-order valence-corrected chi connectivity index (χ3v) is 4.99. The molecular weight excluding hydrogens is 238 g/mol. The van der Waals surface area contributed by atoms with Gasteiger partial charge in [0.1, 0.15) is 0 Å². The van der Waals surface area contributed by atoms with Crippen molar-refractivity contribution in [2.45, 2.75) is 57.0 Å². The van der Waals surface area contributed by atoms with Crippen LogP contribution in [-0.2, 0) is 4.79 Å². The summed E-state index contributed by atoms with van der Waals surface area (Å²) in [5.41, 5.74) is 6.13. The van der Waals surface area contributed by atoms with Crippen LogP contribution in [0.5, 0.6) is 0 Å². The van der Waals surface area contributed by atoms with Gasteiger partial charge in [-0.05, 0) is 45.2 Å². The van der Waals surface area contributed by atoms with Gasteiger partial charge in [-0.15, -0.1) is 0 Å². The van der Waals surface area contributed by atoms with Gasteiger partial charge < -0.3 is 15.5 Å². The van der Waals surface area contributed by atoms with E-state index < -0.39 is 0 Å². The summed E-state index contributed by atoms with van der Waals surface area (Å²) in [5.74, 6) is 0.688. The van der Waals surface area contributed by atoms with Crippen molar-refractivity contribution in [3.8, 4) is 0 Å². The molecule has 1 amide bonds. The zero-order chi connectivity index (χ0) is 13.8. The molecule has 2 fully saturated rings. The fraction of sp³-hybridized carbons (Fsp3) is 0.933. The molecule has 3 atom stereocenters. The molecule has 2 N–H and O–H groups in total. The van der Waals surface area contributed by atoms with E-state index in [0.29, 0.717) is 18.4 Å². The quantitative estimate of drug-likeness (QED) is 0.838. The molecule has 0 aromatic heterocycles. The predicted octanol–water partition coefficient (Wildman–Crippen LogP) is 1.45. The molecule has 4 nitrogen and oxygen atoms in total. The van der Waals surface area contributed by atoms with Crippen LogP contribution < -0.4 is 5.73 Å². The first-order chi connectivity index (χ1) is 9.08. The first-order valence-electron chi connectivity index (χ1n) is 7.77. The maximum absolute atomic E-state index is 12.3. The molecule has 2 rings (SSSR count). The van der Waals surface area contributed by atoms with Crippen LogP contribution >= 0.6 is 0 Å². The number of rotatable bonds is 4. The summed E-state index contributed by atoms with van der Waals surface area (Å²) in [4.78, 5) is 16.6. The minimum Gasteiger partial charge on any atom is -0.344 e. The topological polar surface area (TPSA) is 49.6 Å². The third kappa shape index (κ3) is 3.93. The SMILES string of the molecule is CN(CC1CCCN1C)C(=O)CC1CCCCC1N. The van der Waals surface area contributed by atoms with Crippen molar-refractivity contribution in [3.05, 3.63) is 0 Å². The van der Waals surface area contributed by atoms with E-state index in [0.717, 1.165) is 19.4 Å². The van der Waals surface area contributed by atoms with Crippen LogP contribution in [-0.4, -0.2) is 55.0 Å². The lowest BCUT2D eigenvalue weighted by molar-refractivity contribution is -0.131. The summed E-state index contributed by atoms with van der Waals surface area (Å²) in [6.45, 7) is 2.04. The van der Waals surface area contributed by atoms with Crippen LogP contribution in [0.4, 0.5) is 0 Å². The van der Waals surface area contributed by atoms with Crippen molar-refractivity contribution in [2.24, 2.45) is 11.7 Å². The van der Waals surface area contributed by atoms with Crippen molar-refractivity contribution < 1.29 is 4.79 Å². The van der Waals surface area contributed by atoms with Gasteiger partial charge in [0.25, 0.3) is 0 Å². The number of likely N-dealkylation sites (N-methyl/N-ethyl adjacent to an activating group) is 2. The van der Waals surface area contributed by atoms with Crippen molar-refractivity contribution in [2.75, 3.05) is 27.2 Å². The third-order valence-electron chi connectivity index (χ3n) is 4.99. The molecule has 1 aliphatic carbocycles. The highest BCUT2D eigenvalue weighted by Gasteiger charge is 2.27. The highest BCUT2D eigenvalue weighted by Crippen LogP contribution is 2.26. The summed E-state index contributed by atoms with van der Waals surface area (Å²) in [7, 11) is 4.11. The molecule has 1 aliphatic heterocycles. The number of nitrogens with two attached hydrogens (primary N) is 1. The molecule has 1 saturated heterocycles. The Morgan fingerprint density at radius 3 is 2.63 bits per heavy atom. The van der Waals surface area contributed by atoms with Gasteiger partial charge in [-0.1, -0.05) is 12.8 Å². The molecule has 0 spiro atoms. The Labute approximate surface area is 117 Å². The zero-order valence-corrected chi connectivity index (χ0v) is 12.5. The first kappa shape index (κ1) is 14.8. The Bertz CT molecular complexity index is 308. The minimum atomic E-state index is 0.236. The van der Waals surface area contributed by atoms with E-state index in [1.807, 2.05) is 11.9 Å². The largest absolute Gasteiger partial charge is 0.344 e. The van der Waals surface area contributed by atoms with Gasteiger partial charge in [0.05, 0.1) is 0 Å². The first-order valence-corrected chi connectivity index (χ1v) is 7.77. The Morgan fingerprint density at radius 2 is 2.00 bits per heavy atom. The van der Waals surface area contributed by atoms with Gasteiger partial charge in [-0.25, -0.2) is 0 Å². The van der Waals surface area contributed by atoms with Crippen LogP contribution in [0.1, 0.15) is 44.9 Å². The molecule has 0 bridgehead atoms. The molecule has 0 aromatic carbocycles. The van der Waals surface area contributed by atoms with Crippen LogP contribution in [0, 0.1) is 5.92 Å². The average Bonchev–Trinajstić information content (AvgIpc) is 2.78. The van der Waals surface area contributed by atoms with Gasteiger partial charge in [-0.3, -0.25) is 4.79 Å². The summed E-state index contributed by atoms with van der Waals surface area (Å²) >= 11 is 0. The maximum Gasteiger partial charge on any atom is 0.222 e. The van der Waals surface area contributed by atoms with Crippen molar-refractivity contribution >= 4 is 5.91 Å². The molecule has 1 saturated carbocycles. The second kappa shape index (κ2) is 6.71. The van der Waals surface area contributed by atoms with Gasteiger partial charge >= 0.3 is 0 Å². The lowest BCUT2D eigenvalue weighted by Crippen LogP contribution is -2.42. The van der Waals surface area contributed by atoms with E-state index in [1.54, 1.807) is 0 Å². The molecular formula is C15H29N3O. The smallest absolute Gasteiger partial charge is 0.222 e. The Morgan fingerprint density at radius 1 is 1.26 bits per heavy atom. The highest BCUT2D eigenvalue weighted by atomic mass is 16.2. The fourth-order valence-corrected chi connectivity index (χ4v) is 3.50. The summed E-state index contributed by atoms with van der Waals surface area (Å²) in [6, 6.07) is 0.786. The lowest BCUT2D eigenvalue weighted by atomic mass is 9.83. The summed E-state index contributed by atoms with van der Waals surface area (Å²) in [5, 5.41) is 0. The Kier molecular flexibility index (Phi) is 5.22. The molecule has 1 heterocycles. The Hall–Kier alpha value is -0.610. The van der Waals surface area contributed by atoms with Crippen LogP contribution in [0.2, 0.25) is 0 Å². The maximum atomic E-state index is 12.3. The molecule has 4 heteroatoms. The molecule has 3 unspecified atom stereocenters. The van der Waals surface area contributed by atoms with Crippen molar-refractivity contribution in [1.82, 2.24) is 9.80 Å². The standard InChI is InChI=1S/C15H29N3O/c1-17-9-5-7-13(17)11-18(2)15(19)10-12-6-3-4-8-14(12)16/h12-14H,3-11,16H2,1-2H3. The summed E-state index contributed by atoms with van der Waals surface area (Å²) < 4.78 is 0. The monoisotopic (exact) mass is 267 g/mol. The lowest BCUT2D eigenvalue weighted by Gasteiger charge is -2.31. The van der Waals surface area contributed by atoms with Gasteiger partial charge in [0, 0.05) is 32.1 Å². The number of nitrogens with zero attached hydrogens (tertiary/aromatic N) is 2. The number of amides is 1.